The molecule has 3 heterocycles. The Labute approximate surface area is 194 Å². The summed E-state index contributed by atoms with van der Waals surface area (Å²) in [5.41, 5.74) is 2.40. The molecule has 1 fully saturated rings. The van der Waals surface area contributed by atoms with Gasteiger partial charge in [0.1, 0.15) is 5.75 Å². The molecule has 1 aliphatic heterocycles. The normalized spacial score (nSPS) is 16.3. The van der Waals surface area contributed by atoms with E-state index in [4.69, 9.17) is 4.74 Å². The second-order valence-corrected chi connectivity index (χ2v) is 9.45. The molecule has 168 valence electrons. The van der Waals surface area contributed by atoms with Crippen LogP contribution in [0.5, 0.6) is 5.75 Å². The Balaban J connectivity index is 1.21. The van der Waals surface area contributed by atoms with Crippen LogP contribution in [0.15, 0.2) is 66.2 Å². The van der Waals surface area contributed by atoms with Crippen molar-refractivity contribution in [1.29, 1.82) is 0 Å². The largest absolute Gasteiger partial charge is 0.493 e. The predicted octanol–water partition coefficient (Wildman–Crippen LogP) is 4.75. The summed E-state index contributed by atoms with van der Waals surface area (Å²) in [4.78, 5) is 22.1. The predicted molar refractivity (Wildman–Crippen MR) is 129 cm³/mol. The van der Waals surface area contributed by atoms with Crippen LogP contribution in [0.3, 0.4) is 0 Å². The number of nitrogens with zero attached hydrogens (tertiary/aromatic N) is 3. The lowest BCUT2D eigenvalue weighted by Crippen LogP contribution is -2.41. The number of hydrogen-bond donors (Lipinski definition) is 0. The number of amides is 1. The minimum atomic E-state index is 0.154. The van der Waals surface area contributed by atoms with E-state index in [-0.39, 0.29) is 5.91 Å². The van der Waals surface area contributed by atoms with E-state index in [0.29, 0.717) is 12.5 Å². The second kappa shape index (κ2) is 11.2. The van der Waals surface area contributed by atoms with Crippen molar-refractivity contribution < 1.29 is 9.53 Å². The third-order valence-electron chi connectivity index (χ3n) is 5.88. The van der Waals surface area contributed by atoms with Crippen LogP contribution in [0.25, 0.3) is 0 Å². The van der Waals surface area contributed by atoms with E-state index in [1.54, 1.807) is 0 Å². The van der Waals surface area contributed by atoms with Crippen molar-refractivity contribution in [3.05, 3.63) is 82.3 Å². The van der Waals surface area contributed by atoms with Gasteiger partial charge in [0.05, 0.1) is 11.5 Å². The Morgan fingerprint density at radius 2 is 2.06 bits per heavy atom. The van der Waals surface area contributed by atoms with Gasteiger partial charge in [0, 0.05) is 50.4 Å². The Morgan fingerprint density at radius 1 is 1.19 bits per heavy atom. The average Bonchev–Trinajstić information content (AvgIpc) is 3.38. The minimum Gasteiger partial charge on any atom is -0.493 e. The molecule has 32 heavy (non-hydrogen) atoms. The van der Waals surface area contributed by atoms with E-state index in [9.17, 15) is 4.79 Å². The zero-order valence-corrected chi connectivity index (χ0v) is 19.5. The van der Waals surface area contributed by atoms with Gasteiger partial charge in [0.2, 0.25) is 0 Å². The number of pyridine rings is 1. The molecule has 0 spiro atoms. The summed E-state index contributed by atoms with van der Waals surface area (Å²) in [7, 11) is 2.14. The highest BCUT2D eigenvalue weighted by Crippen LogP contribution is 2.22. The van der Waals surface area contributed by atoms with E-state index >= 15 is 0 Å². The molecule has 0 bridgehead atoms. The summed E-state index contributed by atoms with van der Waals surface area (Å²) in [6, 6.07) is 18.3. The van der Waals surface area contributed by atoms with E-state index in [0.717, 1.165) is 61.8 Å². The number of likely N-dealkylation sites (N-methyl/N-ethyl adjacent to an activating group) is 1. The molecule has 1 amide bonds. The fourth-order valence-corrected chi connectivity index (χ4v) is 4.78. The monoisotopic (exact) mass is 449 g/mol. The molecule has 1 aliphatic rings. The fraction of sp³-hybridized carbons (Fsp3) is 0.385. The molecule has 5 nitrogen and oxygen atoms in total. The maximum atomic E-state index is 12.6. The van der Waals surface area contributed by atoms with Crippen LogP contribution in [0.1, 0.15) is 33.8 Å². The van der Waals surface area contributed by atoms with Gasteiger partial charge in [-0.3, -0.25) is 9.78 Å². The van der Waals surface area contributed by atoms with Gasteiger partial charge in [-0.25, -0.2) is 0 Å². The lowest BCUT2D eigenvalue weighted by molar-refractivity contribution is 0.0638. The van der Waals surface area contributed by atoms with Crippen LogP contribution in [0.2, 0.25) is 0 Å². The number of hydrogen-bond acceptors (Lipinski definition) is 5. The number of ether oxygens (including phenoxy) is 1. The Morgan fingerprint density at radius 3 is 2.81 bits per heavy atom. The molecule has 1 unspecified atom stereocenters. The lowest BCUT2D eigenvalue weighted by Gasteiger charge is -2.32. The van der Waals surface area contributed by atoms with Crippen molar-refractivity contribution in [2.75, 3.05) is 33.3 Å². The average molecular weight is 450 g/mol. The molecule has 1 saturated heterocycles. The third kappa shape index (κ3) is 6.40. The number of carbonyl (C=O) groups is 1. The minimum absolute atomic E-state index is 0.154. The molecule has 3 aromatic rings. The molecule has 6 heteroatoms. The standard InChI is InChI=1S/C26H31N3O2S/c1-28(16-13-23-7-2-3-14-27-23)18-21-9-11-24(12-10-21)31-20-22-6-4-15-29(19-22)26(30)25-8-5-17-32-25/h2-3,5,7-12,14,17,22H,4,6,13,15-16,18-20H2,1H3. The van der Waals surface area contributed by atoms with Gasteiger partial charge in [-0.15, -0.1) is 11.3 Å². The first-order valence-electron chi connectivity index (χ1n) is 11.3. The van der Waals surface area contributed by atoms with E-state index in [2.05, 4.69) is 47.3 Å². The zero-order valence-electron chi connectivity index (χ0n) is 18.7. The number of aromatic nitrogens is 1. The molecule has 2 aromatic heterocycles. The highest BCUT2D eigenvalue weighted by molar-refractivity contribution is 7.12. The molecule has 0 N–H and O–H groups in total. The maximum Gasteiger partial charge on any atom is 0.263 e. The summed E-state index contributed by atoms with van der Waals surface area (Å²) in [5, 5.41) is 1.96. The van der Waals surface area contributed by atoms with E-state index in [1.807, 2.05) is 40.7 Å². The van der Waals surface area contributed by atoms with Gasteiger partial charge < -0.3 is 14.5 Å². The molecule has 1 aromatic carbocycles. The molecule has 0 radical (unpaired) electrons. The SMILES string of the molecule is CN(CCc1ccccn1)Cc1ccc(OCC2CCCN(C(=O)c3cccs3)C2)cc1. The topological polar surface area (TPSA) is 45.7 Å². The van der Waals surface area contributed by atoms with E-state index < -0.39 is 0 Å². The molecule has 1 atom stereocenters. The fourth-order valence-electron chi connectivity index (χ4n) is 4.09. The quantitative estimate of drug-likeness (QED) is 0.473. The van der Waals surface area contributed by atoms with Gasteiger partial charge in [-0.2, -0.15) is 0 Å². The number of carbonyl (C=O) groups excluding carboxylic acids is 1. The number of rotatable bonds is 9. The van der Waals surface area contributed by atoms with E-state index in [1.165, 1.54) is 16.9 Å². The molecule has 4 rings (SSSR count). The second-order valence-electron chi connectivity index (χ2n) is 8.50. The smallest absolute Gasteiger partial charge is 0.263 e. The Hall–Kier alpha value is -2.70. The Bertz CT molecular complexity index is 961. The molecule has 0 aliphatic carbocycles. The zero-order chi connectivity index (χ0) is 22.2. The van der Waals surface area contributed by atoms with Crippen LogP contribution < -0.4 is 4.74 Å². The van der Waals surface area contributed by atoms with Crippen molar-refractivity contribution in [1.82, 2.24) is 14.8 Å². The highest BCUT2D eigenvalue weighted by atomic mass is 32.1. The number of piperidine rings is 1. The summed E-state index contributed by atoms with van der Waals surface area (Å²) in [5.74, 6) is 1.43. The van der Waals surface area contributed by atoms with Crippen molar-refractivity contribution in [3.63, 3.8) is 0 Å². The molecular weight excluding hydrogens is 418 g/mol. The van der Waals surface area contributed by atoms with Crippen molar-refractivity contribution in [2.45, 2.75) is 25.8 Å². The maximum absolute atomic E-state index is 12.6. The number of benzene rings is 1. The van der Waals surface area contributed by atoms with Crippen molar-refractivity contribution >= 4 is 17.2 Å². The number of likely N-dealkylation sites (tertiary alicyclic amines) is 1. The van der Waals surface area contributed by atoms with Gasteiger partial charge in [-0.1, -0.05) is 24.3 Å². The van der Waals surface area contributed by atoms with Gasteiger partial charge >= 0.3 is 0 Å². The highest BCUT2D eigenvalue weighted by Gasteiger charge is 2.25. The van der Waals surface area contributed by atoms with Crippen LogP contribution >= 0.6 is 11.3 Å². The van der Waals surface area contributed by atoms with Crippen LogP contribution in [0, 0.1) is 5.92 Å². The summed E-state index contributed by atoms with van der Waals surface area (Å²) >= 11 is 1.51. The van der Waals surface area contributed by atoms with Crippen molar-refractivity contribution in [3.8, 4) is 5.75 Å². The molecular formula is C26H31N3O2S. The first-order valence-corrected chi connectivity index (χ1v) is 12.2. The first-order chi connectivity index (χ1) is 15.7. The number of thiophene rings is 1. The van der Waals surface area contributed by atoms with Crippen molar-refractivity contribution in [2.24, 2.45) is 5.92 Å². The van der Waals surface area contributed by atoms with Gasteiger partial charge in [-0.05, 0) is 61.2 Å². The third-order valence-corrected chi connectivity index (χ3v) is 6.73. The molecule has 0 saturated carbocycles. The lowest BCUT2D eigenvalue weighted by atomic mass is 9.99. The summed E-state index contributed by atoms with van der Waals surface area (Å²) < 4.78 is 6.07. The summed E-state index contributed by atoms with van der Waals surface area (Å²) in [6.07, 6.45) is 4.94. The van der Waals surface area contributed by atoms with Gasteiger partial charge in [0.25, 0.3) is 5.91 Å². The van der Waals surface area contributed by atoms with Gasteiger partial charge in [0.15, 0.2) is 0 Å². The van der Waals surface area contributed by atoms with Crippen LogP contribution in [-0.2, 0) is 13.0 Å². The van der Waals surface area contributed by atoms with Crippen LogP contribution in [-0.4, -0.2) is 54.0 Å². The van der Waals surface area contributed by atoms with Crippen LogP contribution in [0.4, 0.5) is 0 Å². The summed E-state index contributed by atoms with van der Waals surface area (Å²) in [6.45, 7) is 4.14. The first kappa shape index (κ1) is 22.5. The Kier molecular flexibility index (Phi) is 7.91.